The number of anilines is 1. The molecule has 0 aromatic carbocycles. The molecule has 2 N–H and O–H groups in total. The molecule has 0 saturated carbocycles. The van der Waals surface area contributed by atoms with Gasteiger partial charge in [0.25, 0.3) is 0 Å². The number of nitrogens with two attached hydrogens (primary N) is 1. The van der Waals surface area contributed by atoms with E-state index in [1.54, 1.807) is 12.3 Å². The Kier molecular flexibility index (Phi) is 3.26. The molecule has 2 aromatic rings. The second kappa shape index (κ2) is 4.67. The van der Waals surface area contributed by atoms with Gasteiger partial charge in [0.05, 0.1) is 16.9 Å². The molecule has 0 radical (unpaired) electrons. The topological polar surface area (TPSA) is 51.8 Å². The fourth-order valence-electron chi connectivity index (χ4n) is 1.07. The molecule has 0 spiro atoms. The Morgan fingerprint density at radius 3 is 2.88 bits per heavy atom. The van der Waals surface area contributed by atoms with Crippen molar-refractivity contribution in [2.75, 3.05) is 5.73 Å². The first-order valence-corrected chi connectivity index (χ1v) is 5.54. The Hall–Kier alpha value is -1.33. The monoisotopic (exact) mass is 255 g/mol. The average molecular weight is 256 g/mol. The van der Waals surface area contributed by atoms with Crippen LogP contribution < -0.4 is 5.73 Å². The molecule has 16 heavy (non-hydrogen) atoms. The minimum atomic E-state index is -0.464. The summed E-state index contributed by atoms with van der Waals surface area (Å²) in [5.41, 5.74) is 6.18. The van der Waals surface area contributed by atoms with Crippen molar-refractivity contribution in [1.82, 2.24) is 9.97 Å². The summed E-state index contributed by atoms with van der Waals surface area (Å²) in [4.78, 5) is 8.46. The van der Waals surface area contributed by atoms with Crippen molar-refractivity contribution in [3.63, 3.8) is 0 Å². The third kappa shape index (κ3) is 2.43. The van der Waals surface area contributed by atoms with E-state index in [1.807, 2.05) is 0 Å². The summed E-state index contributed by atoms with van der Waals surface area (Å²) < 4.78 is 13.4. The van der Waals surface area contributed by atoms with Gasteiger partial charge < -0.3 is 5.73 Å². The Morgan fingerprint density at radius 1 is 1.38 bits per heavy atom. The molecule has 0 fully saturated rings. The summed E-state index contributed by atoms with van der Waals surface area (Å²) in [6.45, 7) is 0. The third-order valence-corrected chi connectivity index (χ3v) is 3.08. The second-order valence-electron chi connectivity index (χ2n) is 2.96. The molecule has 3 nitrogen and oxygen atoms in total. The second-order valence-corrected chi connectivity index (χ2v) is 4.42. The van der Waals surface area contributed by atoms with Crippen LogP contribution in [0.2, 0.25) is 5.02 Å². The van der Waals surface area contributed by atoms with E-state index < -0.39 is 5.82 Å². The molecule has 0 saturated heterocycles. The van der Waals surface area contributed by atoms with E-state index in [9.17, 15) is 4.39 Å². The van der Waals surface area contributed by atoms with Crippen LogP contribution in [0.25, 0.3) is 0 Å². The smallest absolute Gasteiger partial charge is 0.157 e. The zero-order chi connectivity index (χ0) is 11.5. The highest BCUT2D eigenvalue weighted by atomic mass is 35.5. The lowest BCUT2D eigenvalue weighted by Crippen LogP contribution is -1.91. The lowest BCUT2D eigenvalue weighted by atomic mass is 10.4. The lowest BCUT2D eigenvalue weighted by molar-refractivity contribution is 0.588. The van der Waals surface area contributed by atoms with Crippen LogP contribution in [0.15, 0.2) is 40.6 Å². The van der Waals surface area contributed by atoms with E-state index in [2.05, 4.69) is 9.97 Å². The maximum Gasteiger partial charge on any atom is 0.157 e. The van der Waals surface area contributed by atoms with Crippen molar-refractivity contribution in [3.05, 3.63) is 41.6 Å². The van der Waals surface area contributed by atoms with Crippen LogP contribution in [0.5, 0.6) is 0 Å². The zero-order valence-electron chi connectivity index (χ0n) is 8.02. The molecule has 0 aliphatic heterocycles. The van der Waals surface area contributed by atoms with Gasteiger partial charge in [0.2, 0.25) is 0 Å². The Balaban J connectivity index is 2.31. The summed E-state index contributed by atoms with van der Waals surface area (Å²) in [5, 5.41) is 0.506. The SMILES string of the molecule is Nc1cnccc1Sc1ncc(Cl)cc1F. The summed E-state index contributed by atoms with van der Waals surface area (Å²) in [6.07, 6.45) is 4.49. The third-order valence-electron chi connectivity index (χ3n) is 1.79. The van der Waals surface area contributed by atoms with Gasteiger partial charge in [-0.05, 0) is 12.1 Å². The molecule has 2 heterocycles. The number of hydrogen-bond acceptors (Lipinski definition) is 4. The quantitative estimate of drug-likeness (QED) is 0.896. The van der Waals surface area contributed by atoms with E-state index >= 15 is 0 Å². The van der Waals surface area contributed by atoms with Crippen molar-refractivity contribution < 1.29 is 4.39 Å². The van der Waals surface area contributed by atoms with Crippen LogP contribution in [0, 0.1) is 5.82 Å². The summed E-state index contributed by atoms with van der Waals surface area (Å²) in [7, 11) is 0. The minimum Gasteiger partial charge on any atom is -0.397 e. The first-order chi connectivity index (χ1) is 7.66. The number of rotatable bonds is 2. The minimum absolute atomic E-state index is 0.238. The highest BCUT2D eigenvalue weighted by Crippen LogP contribution is 2.32. The van der Waals surface area contributed by atoms with Gasteiger partial charge in [-0.25, -0.2) is 9.37 Å². The first kappa shape index (κ1) is 11.2. The standard InChI is InChI=1S/C10H7ClFN3S/c11-6-3-7(12)10(15-4-6)16-9-1-2-14-5-8(9)13/h1-5H,13H2. The summed E-state index contributed by atoms with van der Waals surface area (Å²) in [6, 6.07) is 2.92. The predicted molar refractivity (Wildman–Crippen MR) is 62.0 cm³/mol. The maximum absolute atomic E-state index is 13.4. The molecule has 6 heteroatoms. The molecule has 0 atom stereocenters. The number of hydrogen-bond donors (Lipinski definition) is 1. The number of aromatic nitrogens is 2. The number of halogens is 2. The van der Waals surface area contributed by atoms with Crippen LogP contribution in [-0.2, 0) is 0 Å². The van der Waals surface area contributed by atoms with Crippen LogP contribution in [-0.4, -0.2) is 9.97 Å². The molecule has 0 aliphatic carbocycles. The van der Waals surface area contributed by atoms with Gasteiger partial charge >= 0.3 is 0 Å². The number of nitrogen functional groups attached to an aromatic ring is 1. The molecular weight excluding hydrogens is 249 g/mol. The van der Waals surface area contributed by atoms with E-state index in [0.717, 1.165) is 11.8 Å². The van der Waals surface area contributed by atoms with Crippen molar-refractivity contribution in [2.24, 2.45) is 0 Å². The molecule has 0 aliphatic rings. The van der Waals surface area contributed by atoms with Gasteiger partial charge in [0, 0.05) is 17.3 Å². The molecule has 2 aromatic heterocycles. The Labute approximate surface area is 101 Å². The van der Waals surface area contributed by atoms with Crippen LogP contribution in [0.3, 0.4) is 0 Å². The Morgan fingerprint density at radius 2 is 2.19 bits per heavy atom. The number of pyridine rings is 2. The summed E-state index contributed by atoms with van der Waals surface area (Å²) >= 11 is 6.74. The van der Waals surface area contributed by atoms with E-state index in [-0.39, 0.29) is 10.0 Å². The molecule has 0 amide bonds. The van der Waals surface area contributed by atoms with Gasteiger partial charge in [-0.3, -0.25) is 4.98 Å². The highest BCUT2D eigenvalue weighted by molar-refractivity contribution is 7.99. The largest absolute Gasteiger partial charge is 0.397 e. The molecule has 0 unspecified atom stereocenters. The molecule has 2 rings (SSSR count). The molecule has 0 bridgehead atoms. The fraction of sp³-hybridized carbons (Fsp3) is 0. The molecule has 82 valence electrons. The van der Waals surface area contributed by atoms with Crippen molar-refractivity contribution in [2.45, 2.75) is 9.92 Å². The highest BCUT2D eigenvalue weighted by Gasteiger charge is 2.08. The number of nitrogens with zero attached hydrogens (tertiary/aromatic N) is 2. The zero-order valence-corrected chi connectivity index (χ0v) is 9.60. The van der Waals surface area contributed by atoms with Gasteiger partial charge in [-0.2, -0.15) is 0 Å². The maximum atomic E-state index is 13.4. The van der Waals surface area contributed by atoms with Gasteiger partial charge in [-0.15, -0.1) is 0 Å². The lowest BCUT2D eigenvalue weighted by Gasteiger charge is -2.04. The first-order valence-electron chi connectivity index (χ1n) is 4.35. The molecular formula is C10H7ClFN3S. The van der Waals surface area contributed by atoms with Crippen LogP contribution >= 0.6 is 23.4 Å². The van der Waals surface area contributed by atoms with Gasteiger partial charge in [-0.1, -0.05) is 23.4 Å². The van der Waals surface area contributed by atoms with E-state index in [0.29, 0.717) is 10.6 Å². The average Bonchev–Trinajstić information content (AvgIpc) is 2.25. The van der Waals surface area contributed by atoms with Crippen molar-refractivity contribution >= 4 is 29.1 Å². The summed E-state index contributed by atoms with van der Waals surface area (Å²) in [5.74, 6) is -0.464. The normalized spacial score (nSPS) is 10.4. The van der Waals surface area contributed by atoms with Crippen molar-refractivity contribution in [1.29, 1.82) is 0 Å². The van der Waals surface area contributed by atoms with E-state index in [4.69, 9.17) is 17.3 Å². The van der Waals surface area contributed by atoms with Crippen LogP contribution in [0.4, 0.5) is 10.1 Å². The van der Waals surface area contributed by atoms with Crippen LogP contribution in [0.1, 0.15) is 0 Å². The van der Waals surface area contributed by atoms with Gasteiger partial charge in [0.15, 0.2) is 5.82 Å². The van der Waals surface area contributed by atoms with E-state index in [1.165, 1.54) is 18.5 Å². The van der Waals surface area contributed by atoms with Gasteiger partial charge in [0.1, 0.15) is 5.03 Å². The fourth-order valence-corrected chi connectivity index (χ4v) is 1.98. The predicted octanol–water partition coefficient (Wildman–Crippen LogP) is 3.00. The van der Waals surface area contributed by atoms with Crippen molar-refractivity contribution in [3.8, 4) is 0 Å². The Bertz CT molecular complexity index is 521.